The molecule has 1 aromatic carbocycles. The molecule has 0 aliphatic heterocycles. The molecule has 4 nitrogen and oxygen atoms in total. The first-order chi connectivity index (χ1) is 8.79. The van der Waals surface area contributed by atoms with Crippen molar-refractivity contribution >= 4 is 5.82 Å². The molecule has 0 saturated heterocycles. The minimum absolute atomic E-state index is 0.474. The van der Waals surface area contributed by atoms with Crippen molar-refractivity contribution in [1.29, 1.82) is 0 Å². The summed E-state index contributed by atoms with van der Waals surface area (Å²) in [6.07, 6.45) is 3.59. The standard InChI is InChI=1S/C14H16N2O2/c1-17-11-7-5-9(6-8-11)12-13(10-3-2-4-10)18-16-14(12)15/h5-8,10H,2-4H2,1H3,(H2,15,16). The van der Waals surface area contributed by atoms with Gasteiger partial charge in [-0.3, -0.25) is 0 Å². The number of aromatic nitrogens is 1. The highest BCUT2D eigenvalue weighted by molar-refractivity contribution is 5.76. The van der Waals surface area contributed by atoms with Crippen LogP contribution >= 0.6 is 0 Å². The van der Waals surface area contributed by atoms with E-state index >= 15 is 0 Å². The zero-order chi connectivity index (χ0) is 12.5. The Bertz CT molecular complexity index is 541. The van der Waals surface area contributed by atoms with Crippen molar-refractivity contribution in [2.45, 2.75) is 25.2 Å². The number of rotatable bonds is 3. The van der Waals surface area contributed by atoms with Gasteiger partial charge in [0.2, 0.25) is 0 Å². The number of benzene rings is 1. The van der Waals surface area contributed by atoms with Gasteiger partial charge in [-0.2, -0.15) is 0 Å². The first kappa shape index (κ1) is 11.1. The van der Waals surface area contributed by atoms with Gasteiger partial charge in [-0.15, -0.1) is 0 Å². The van der Waals surface area contributed by atoms with Gasteiger partial charge in [0.05, 0.1) is 12.7 Å². The van der Waals surface area contributed by atoms with E-state index in [9.17, 15) is 0 Å². The SMILES string of the molecule is COc1ccc(-c2c(N)noc2C2CCC2)cc1. The molecular weight excluding hydrogens is 228 g/mol. The molecule has 2 N–H and O–H groups in total. The second kappa shape index (κ2) is 4.37. The first-order valence-corrected chi connectivity index (χ1v) is 6.19. The van der Waals surface area contributed by atoms with E-state index in [-0.39, 0.29) is 0 Å². The maximum absolute atomic E-state index is 5.92. The summed E-state index contributed by atoms with van der Waals surface area (Å²) >= 11 is 0. The minimum atomic E-state index is 0.474. The number of nitrogens with two attached hydrogens (primary N) is 1. The summed E-state index contributed by atoms with van der Waals surface area (Å²) in [5.74, 6) is 2.72. The molecule has 0 amide bonds. The maximum atomic E-state index is 5.92. The van der Waals surface area contributed by atoms with Crippen LogP contribution in [0.2, 0.25) is 0 Å². The van der Waals surface area contributed by atoms with Crippen LogP contribution in [0, 0.1) is 0 Å². The van der Waals surface area contributed by atoms with Gasteiger partial charge in [-0.05, 0) is 30.5 Å². The van der Waals surface area contributed by atoms with Gasteiger partial charge in [0.15, 0.2) is 5.82 Å². The highest BCUT2D eigenvalue weighted by Crippen LogP contribution is 2.43. The number of hydrogen-bond acceptors (Lipinski definition) is 4. The molecule has 1 aliphatic carbocycles. The van der Waals surface area contributed by atoms with E-state index in [1.54, 1.807) is 7.11 Å². The molecule has 94 valence electrons. The van der Waals surface area contributed by atoms with Crippen LogP contribution in [-0.4, -0.2) is 12.3 Å². The van der Waals surface area contributed by atoms with Crippen LogP contribution in [0.4, 0.5) is 5.82 Å². The van der Waals surface area contributed by atoms with E-state index in [4.69, 9.17) is 15.0 Å². The molecule has 1 aliphatic rings. The van der Waals surface area contributed by atoms with Gasteiger partial charge < -0.3 is 15.0 Å². The summed E-state index contributed by atoms with van der Waals surface area (Å²) in [6, 6.07) is 7.83. The molecule has 1 fully saturated rings. The van der Waals surface area contributed by atoms with Crippen molar-refractivity contribution < 1.29 is 9.26 Å². The van der Waals surface area contributed by atoms with Crippen molar-refractivity contribution in [2.75, 3.05) is 12.8 Å². The van der Waals surface area contributed by atoms with Crippen LogP contribution < -0.4 is 10.5 Å². The van der Waals surface area contributed by atoms with E-state index in [2.05, 4.69) is 5.16 Å². The summed E-state index contributed by atoms with van der Waals surface area (Å²) in [4.78, 5) is 0. The van der Waals surface area contributed by atoms with Crippen LogP contribution in [-0.2, 0) is 0 Å². The average molecular weight is 244 g/mol. The fourth-order valence-corrected chi connectivity index (χ4v) is 2.31. The zero-order valence-corrected chi connectivity index (χ0v) is 10.3. The van der Waals surface area contributed by atoms with Crippen LogP contribution in [0.5, 0.6) is 5.75 Å². The molecule has 18 heavy (non-hydrogen) atoms. The van der Waals surface area contributed by atoms with Gasteiger partial charge in [0.25, 0.3) is 0 Å². The van der Waals surface area contributed by atoms with Crippen molar-refractivity contribution in [3.8, 4) is 16.9 Å². The highest BCUT2D eigenvalue weighted by atomic mass is 16.5. The maximum Gasteiger partial charge on any atom is 0.175 e. The number of hydrogen-bond donors (Lipinski definition) is 1. The van der Waals surface area contributed by atoms with E-state index in [0.717, 1.165) is 35.5 Å². The molecule has 1 heterocycles. The molecule has 1 aromatic heterocycles. The Balaban J connectivity index is 2.01. The topological polar surface area (TPSA) is 61.3 Å². The van der Waals surface area contributed by atoms with Gasteiger partial charge in [0.1, 0.15) is 11.5 Å². The molecule has 0 atom stereocenters. The summed E-state index contributed by atoms with van der Waals surface area (Å²) in [6.45, 7) is 0. The molecule has 0 unspecified atom stereocenters. The third kappa shape index (κ3) is 1.74. The fourth-order valence-electron chi connectivity index (χ4n) is 2.31. The van der Waals surface area contributed by atoms with Crippen LogP contribution in [0.15, 0.2) is 28.8 Å². The molecule has 3 rings (SSSR count). The highest BCUT2D eigenvalue weighted by Gasteiger charge is 2.28. The fraction of sp³-hybridized carbons (Fsp3) is 0.357. The Morgan fingerprint density at radius 3 is 2.56 bits per heavy atom. The monoisotopic (exact) mass is 244 g/mol. The van der Waals surface area contributed by atoms with Crippen molar-refractivity contribution in [1.82, 2.24) is 5.16 Å². The average Bonchev–Trinajstić information content (AvgIpc) is 2.69. The van der Waals surface area contributed by atoms with Gasteiger partial charge in [-0.25, -0.2) is 0 Å². The van der Waals surface area contributed by atoms with E-state index < -0.39 is 0 Å². The van der Waals surface area contributed by atoms with Crippen LogP contribution in [0.25, 0.3) is 11.1 Å². The van der Waals surface area contributed by atoms with Crippen LogP contribution in [0.3, 0.4) is 0 Å². The largest absolute Gasteiger partial charge is 0.497 e. The lowest BCUT2D eigenvalue weighted by atomic mass is 9.81. The normalized spacial score (nSPS) is 15.4. The zero-order valence-electron chi connectivity index (χ0n) is 10.3. The lowest BCUT2D eigenvalue weighted by Gasteiger charge is -2.23. The first-order valence-electron chi connectivity index (χ1n) is 6.19. The lowest BCUT2D eigenvalue weighted by Crippen LogP contribution is -2.08. The smallest absolute Gasteiger partial charge is 0.175 e. The number of nitrogens with zero attached hydrogens (tertiary/aromatic N) is 1. The van der Waals surface area contributed by atoms with Crippen molar-refractivity contribution in [2.24, 2.45) is 0 Å². The van der Waals surface area contributed by atoms with Gasteiger partial charge >= 0.3 is 0 Å². The van der Waals surface area contributed by atoms with Gasteiger partial charge in [0, 0.05) is 5.92 Å². The molecular formula is C14H16N2O2. The third-order valence-electron chi connectivity index (χ3n) is 3.60. The van der Waals surface area contributed by atoms with E-state index in [1.807, 2.05) is 24.3 Å². The number of methoxy groups -OCH3 is 1. The lowest BCUT2D eigenvalue weighted by molar-refractivity contribution is 0.302. The summed E-state index contributed by atoms with van der Waals surface area (Å²) in [5.41, 5.74) is 7.91. The second-order valence-electron chi connectivity index (χ2n) is 4.66. The third-order valence-corrected chi connectivity index (χ3v) is 3.60. The summed E-state index contributed by atoms with van der Waals surface area (Å²) in [5, 5.41) is 3.91. The molecule has 0 radical (unpaired) electrons. The Kier molecular flexibility index (Phi) is 2.70. The summed E-state index contributed by atoms with van der Waals surface area (Å²) in [7, 11) is 1.66. The summed E-state index contributed by atoms with van der Waals surface area (Å²) < 4.78 is 10.6. The Morgan fingerprint density at radius 2 is 2.00 bits per heavy atom. The van der Waals surface area contributed by atoms with E-state index in [1.165, 1.54) is 6.42 Å². The predicted molar refractivity (Wildman–Crippen MR) is 69.5 cm³/mol. The second-order valence-corrected chi connectivity index (χ2v) is 4.66. The van der Waals surface area contributed by atoms with Gasteiger partial charge in [-0.1, -0.05) is 23.7 Å². The molecule has 4 heteroatoms. The predicted octanol–water partition coefficient (Wildman–Crippen LogP) is 3.20. The van der Waals surface area contributed by atoms with Crippen molar-refractivity contribution in [3.63, 3.8) is 0 Å². The number of anilines is 1. The van der Waals surface area contributed by atoms with Crippen LogP contribution in [0.1, 0.15) is 30.9 Å². The molecule has 0 bridgehead atoms. The molecule has 0 spiro atoms. The van der Waals surface area contributed by atoms with E-state index in [0.29, 0.717) is 11.7 Å². The quantitative estimate of drug-likeness (QED) is 0.900. The molecule has 2 aromatic rings. The molecule has 1 saturated carbocycles. The number of ether oxygens (including phenoxy) is 1. The number of nitrogen functional groups attached to an aromatic ring is 1. The Hall–Kier alpha value is -1.97. The Labute approximate surface area is 106 Å². The minimum Gasteiger partial charge on any atom is -0.497 e. The Morgan fingerprint density at radius 1 is 1.28 bits per heavy atom. The van der Waals surface area contributed by atoms with Crippen molar-refractivity contribution in [3.05, 3.63) is 30.0 Å².